The van der Waals surface area contributed by atoms with Crippen molar-refractivity contribution in [2.45, 2.75) is 6.92 Å². The van der Waals surface area contributed by atoms with Gasteiger partial charge in [-0.3, -0.25) is 4.79 Å². The lowest BCUT2D eigenvalue weighted by atomic mass is 10.2. The summed E-state index contributed by atoms with van der Waals surface area (Å²) in [5.74, 6) is 5.23. The van der Waals surface area contributed by atoms with Crippen LogP contribution in [-0.2, 0) is 0 Å². The van der Waals surface area contributed by atoms with Crippen LogP contribution >= 0.6 is 27.5 Å². The molecule has 2 rings (SSSR count). The molecule has 0 bridgehead atoms. The fourth-order valence-corrected chi connectivity index (χ4v) is 2.16. The second kappa shape index (κ2) is 6.21. The van der Waals surface area contributed by atoms with Gasteiger partial charge in [-0.05, 0) is 46.6 Å². The zero-order valence-corrected chi connectivity index (χ0v) is 12.9. The first-order chi connectivity index (χ1) is 9.52. The maximum atomic E-state index is 12.2. The standard InChI is InChI=1S/C13H12BrClN4O/c1-7-3-2-4-9(11(7)14)17-13(20)12-8(15)5-6-10(18-12)19-16/h2-6H,16H2,1H3,(H,17,20)(H,18,19). The van der Waals surface area contributed by atoms with E-state index >= 15 is 0 Å². The SMILES string of the molecule is Cc1cccc(NC(=O)c2nc(NN)ccc2Cl)c1Br. The lowest BCUT2D eigenvalue weighted by Crippen LogP contribution is -2.17. The zero-order valence-electron chi connectivity index (χ0n) is 10.6. The van der Waals surface area contributed by atoms with Crippen molar-refractivity contribution in [3.8, 4) is 0 Å². The van der Waals surface area contributed by atoms with E-state index in [0.717, 1.165) is 10.0 Å². The summed E-state index contributed by atoms with van der Waals surface area (Å²) in [5, 5.41) is 3.01. The predicted octanol–water partition coefficient (Wildman–Crippen LogP) is 3.34. The highest BCUT2D eigenvalue weighted by molar-refractivity contribution is 9.10. The molecule has 4 N–H and O–H groups in total. The van der Waals surface area contributed by atoms with Gasteiger partial charge in [-0.1, -0.05) is 23.7 Å². The van der Waals surface area contributed by atoms with Crippen LogP contribution in [0.25, 0.3) is 0 Å². The number of nitrogen functional groups attached to an aromatic ring is 1. The smallest absolute Gasteiger partial charge is 0.275 e. The molecular weight excluding hydrogens is 344 g/mol. The van der Waals surface area contributed by atoms with Crippen LogP contribution in [0.4, 0.5) is 11.5 Å². The predicted molar refractivity (Wildman–Crippen MR) is 83.9 cm³/mol. The van der Waals surface area contributed by atoms with Gasteiger partial charge >= 0.3 is 0 Å². The van der Waals surface area contributed by atoms with Crippen LogP contribution in [0.1, 0.15) is 16.1 Å². The van der Waals surface area contributed by atoms with Gasteiger partial charge in [0, 0.05) is 4.47 Å². The number of aromatic nitrogens is 1. The summed E-state index contributed by atoms with van der Waals surface area (Å²) in [7, 11) is 0. The molecule has 2 aromatic rings. The normalized spacial score (nSPS) is 10.2. The monoisotopic (exact) mass is 354 g/mol. The number of carbonyl (C=O) groups is 1. The number of hydrazine groups is 1. The number of pyridine rings is 1. The highest BCUT2D eigenvalue weighted by Crippen LogP contribution is 2.27. The van der Waals surface area contributed by atoms with Gasteiger partial charge in [-0.15, -0.1) is 0 Å². The molecule has 5 nitrogen and oxygen atoms in total. The molecule has 0 spiro atoms. The van der Waals surface area contributed by atoms with Crippen LogP contribution in [0.5, 0.6) is 0 Å². The number of rotatable bonds is 3. The minimum absolute atomic E-state index is 0.107. The number of hydrogen-bond acceptors (Lipinski definition) is 4. The Morgan fingerprint density at radius 1 is 1.35 bits per heavy atom. The zero-order chi connectivity index (χ0) is 14.7. The Morgan fingerprint density at radius 2 is 2.10 bits per heavy atom. The van der Waals surface area contributed by atoms with Gasteiger partial charge in [0.2, 0.25) is 0 Å². The molecule has 0 saturated heterocycles. The van der Waals surface area contributed by atoms with E-state index in [1.165, 1.54) is 0 Å². The summed E-state index contributed by atoms with van der Waals surface area (Å²) in [5.41, 5.74) is 4.15. The minimum atomic E-state index is -0.404. The van der Waals surface area contributed by atoms with Crippen LogP contribution in [0.15, 0.2) is 34.8 Å². The summed E-state index contributed by atoms with van der Waals surface area (Å²) in [6.45, 7) is 1.93. The summed E-state index contributed by atoms with van der Waals surface area (Å²) in [6, 6.07) is 8.71. The van der Waals surface area contributed by atoms with Gasteiger partial charge in [-0.25, -0.2) is 10.8 Å². The van der Waals surface area contributed by atoms with Crippen LogP contribution in [0.2, 0.25) is 5.02 Å². The molecular formula is C13H12BrClN4O. The van der Waals surface area contributed by atoms with Crippen molar-refractivity contribution >= 4 is 44.9 Å². The van der Waals surface area contributed by atoms with E-state index in [2.05, 4.69) is 31.7 Å². The van der Waals surface area contributed by atoms with Crippen LogP contribution < -0.4 is 16.6 Å². The van der Waals surface area contributed by atoms with E-state index in [9.17, 15) is 4.79 Å². The number of nitrogens with one attached hydrogen (secondary N) is 2. The maximum absolute atomic E-state index is 12.2. The van der Waals surface area contributed by atoms with E-state index in [-0.39, 0.29) is 10.7 Å². The van der Waals surface area contributed by atoms with Gasteiger partial charge in [0.1, 0.15) is 11.5 Å². The third kappa shape index (κ3) is 3.09. The fraction of sp³-hybridized carbons (Fsp3) is 0.0769. The van der Waals surface area contributed by atoms with Gasteiger partial charge in [0.25, 0.3) is 5.91 Å². The second-order valence-electron chi connectivity index (χ2n) is 4.06. The van der Waals surface area contributed by atoms with E-state index < -0.39 is 5.91 Å². The quantitative estimate of drug-likeness (QED) is 0.583. The Balaban J connectivity index is 2.30. The second-order valence-corrected chi connectivity index (χ2v) is 5.26. The number of nitrogens with two attached hydrogens (primary N) is 1. The molecule has 0 aliphatic heterocycles. The number of benzene rings is 1. The van der Waals surface area contributed by atoms with Gasteiger partial charge in [0.15, 0.2) is 0 Å². The van der Waals surface area contributed by atoms with E-state index in [0.29, 0.717) is 11.5 Å². The average molecular weight is 356 g/mol. The molecule has 1 aromatic heterocycles. The van der Waals surface area contributed by atoms with E-state index in [1.807, 2.05) is 19.1 Å². The van der Waals surface area contributed by atoms with Crippen molar-refractivity contribution in [3.63, 3.8) is 0 Å². The highest BCUT2D eigenvalue weighted by atomic mass is 79.9. The summed E-state index contributed by atoms with van der Waals surface area (Å²) >= 11 is 9.41. The molecule has 20 heavy (non-hydrogen) atoms. The number of anilines is 2. The number of nitrogens with zero attached hydrogens (tertiary/aromatic N) is 1. The number of aryl methyl sites for hydroxylation is 1. The minimum Gasteiger partial charge on any atom is -0.320 e. The molecule has 0 saturated carbocycles. The molecule has 0 aliphatic carbocycles. The lowest BCUT2D eigenvalue weighted by Gasteiger charge is -2.10. The number of carbonyl (C=O) groups excluding carboxylic acids is 1. The molecule has 0 aliphatic rings. The first-order valence-electron chi connectivity index (χ1n) is 5.72. The molecule has 7 heteroatoms. The molecule has 1 aromatic carbocycles. The van der Waals surface area contributed by atoms with E-state index in [4.69, 9.17) is 17.4 Å². The largest absolute Gasteiger partial charge is 0.320 e. The lowest BCUT2D eigenvalue weighted by molar-refractivity contribution is 0.102. The van der Waals surface area contributed by atoms with Crippen LogP contribution in [-0.4, -0.2) is 10.9 Å². The highest BCUT2D eigenvalue weighted by Gasteiger charge is 2.15. The molecule has 1 amide bonds. The summed E-state index contributed by atoms with van der Waals surface area (Å²) < 4.78 is 0.817. The van der Waals surface area contributed by atoms with Gasteiger partial charge in [-0.2, -0.15) is 0 Å². The molecule has 1 heterocycles. The maximum Gasteiger partial charge on any atom is 0.275 e. The first kappa shape index (κ1) is 14.8. The number of hydrogen-bond donors (Lipinski definition) is 3. The Labute approximate surface area is 129 Å². The Kier molecular flexibility index (Phi) is 4.59. The third-order valence-electron chi connectivity index (χ3n) is 2.65. The van der Waals surface area contributed by atoms with Crippen LogP contribution in [0, 0.1) is 6.92 Å². The van der Waals surface area contributed by atoms with Crippen molar-refractivity contribution in [2.75, 3.05) is 10.7 Å². The summed E-state index contributed by atoms with van der Waals surface area (Å²) in [4.78, 5) is 16.3. The van der Waals surface area contributed by atoms with Gasteiger partial charge < -0.3 is 10.7 Å². The fourth-order valence-electron chi connectivity index (χ4n) is 1.61. The first-order valence-corrected chi connectivity index (χ1v) is 6.89. The van der Waals surface area contributed by atoms with E-state index in [1.54, 1.807) is 18.2 Å². The van der Waals surface area contributed by atoms with Crippen molar-refractivity contribution in [1.82, 2.24) is 4.98 Å². The average Bonchev–Trinajstić information content (AvgIpc) is 2.44. The van der Waals surface area contributed by atoms with Crippen LogP contribution in [0.3, 0.4) is 0 Å². The van der Waals surface area contributed by atoms with Crippen molar-refractivity contribution in [1.29, 1.82) is 0 Å². The van der Waals surface area contributed by atoms with Crippen molar-refractivity contribution in [3.05, 3.63) is 51.1 Å². The third-order valence-corrected chi connectivity index (χ3v) is 4.01. The molecule has 0 radical (unpaired) electrons. The Bertz CT molecular complexity index is 663. The number of halogens is 2. The number of amides is 1. The topological polar surface area (TPSA) is 80.0 Å². The van der Waals surface area contributed by atoms with Gasteiger partial charge in [0.05, 0.1) is 10.7 Å². The molecule has 104 valence electrons. The summed E-state index contributed by atoms with van der Waals surface area (Å²) in [6.07, 6.45) is 0. The molecule has 0 atom stereocenters. The Hall–Kier alpha value is -1.63. The molecule has 0 fully saturated rings. The molecule has 0 unspecified atom stereocenters. The Morgan fingerprint density at radius 3 is 2.80 bits per heavy atom. The van der Waals surface area contributed by atoms with Crippen molar-refractivity contribution in [2.24, 2.45) is 5.84 Å². The van der Waals surface area contributed by atoms with Crippen molar-refractivity contribution < 1.29 is 4.79 Å².